The fourth-order valence-corrected chi connectivity index (χ4v) is 3.65. The van der Waals surface area contributed by atoms with Crippen molar-refractivity contribution in [1.29, 1.82) is 0 Å². The standard InChI is InChI=1S/C14H12BrNOS/c15-12-6-13(18-9-12)7-16-5-4-10-2-1-3-11(8-17)14(10)16/h1-6,9,17H,7-8H2. The van der Waals surface area contributed by atoms with Crippen molar-refractivity contribution in [1.82, 2.24) is 4.57 Å². The third kappa shape index (κ3) is 2.11. The van der Waals surface area contributed by atoms with Gasteiger partial charge in [-0.05, 0) is 33.4 Å². The van der Waals surface area contributed by atoms with Gasteiger partial charge >= 0.3 is 0 Å². The van der Waals surface area contributed by atoms with Crippen LogP contribution in [0, 0.1) is 0 Å². The minimum Gasteiger partial charge on any atom is -0.392 e. The van der Waals surface area contributed by atoms with E-state index in [4.69, 9.17) is 0 Å². The van der Waals surface area contributed by atoms with Crippen LogP contribution >= 0.6 is 27.3 Å². The number of hydrogen-bond acceptors (Lipinski definition) is 2. The Morgan fingerprint density at radius 1 is 1.28 bits per heavy atom. The number of thiophene rings is 1. The minimum atomic E-state index is 0.0789. The Bertz CT molecular complexity index is 686. The largest absolute Gasteiger partial charge is 0.392 e. The van der Waals surface area contributed by atoms with E-state index in [1.807, 2.05) is 12.1 Å². The molecule has 0 unspecified atom stereocenters. The fraction of sp³-hybridized carbons (Fsp3) is 0.143. The van der Waals surface area contributed by atoms with Crippen LogP contribution in [0.2, 0.25) is 0 Å². The van der Waals surface area contributed by atoms with Crippen LogP contribution in [0.25, 0.3) is 10.9 Å². The second-order valence-electron chi connectivity index (χ2n) is 4.19. The van der Waals surface area contributed by atoms with E-state index < -0.39 is 0 Å². The second-order valence-corrected chi connectivity index (χ2v) is 6.10. The highest BCUT2D eigenvalue weighted by molar-refractivity contribution is 9.10. The average molecular weight is 322 g/mol. The molecule has 1 aromatic carbocycles. The van der Waals surface area contributed by atoms with E-state index in [9.17, 15) is 5.11 Å². The lowest BCUT2D eigenvalue weighted by Gasteiger charge is -2.07. The van der Waals surface area contributed by atoms with Crippen molar-refractivity contribution in [3.05, 3.63) is 56.8 Å². The van der Waals surface area contributed by atoms with Crippen LogP contribution in [0.4, 0.5) is 0 Å². The van der Waals surface area contributed by atoms with E-state index in [2.05, 4.69) is 50.3 Å². The summed E-state index contributed by atoms with van der Waals surface area (Å²) in [5.41, 5.74) is 2.11. The number of halogens is 1. The molecule has 3 aromatic rings. The van der Waals surface area contributed by atoms with Crippen LogP contribution in [0.3, 0.4) is 0 Å². The Balaban J connectivity index is 2.06. The van der Waals surface area contributed by atoms with Crippen LogP contribution in [-0.2, 0) is 13.2 Å². The molecular formula is C14H12BrNOS. The molecule has 2 heterocycles. The van der Waals surface area contributed by atoms with Gasteiger partial charge < -0.3 is 9.67 Å². The maximum Gasteiger partial charge on any atom is 0.0702 e. The summed E-state index contributed by atoms with van der Waals surface area (Å²) in [4.78, 5) is 1.30. The van der Waals surface area contributed by atoms with Gasteiger partial charge in [0.15, 0.2) is 0 Å². The monoisotopic (exact) mass is 321 g/mol. The molecule has 0 aliphatic heterocycles. The summed E-state index contributed by atoms with van der Waals surface area (Å²) in [6.07, 6.45) is 2.08. The summed E-state index contributed by atoms with van der Waals surface area (Å²) in [6, 6.07) is 10.3. The molecule has 0 radical (unpaired) electrons. The van der Waals surface area contributed by atoms with Crippen molar-refractivity contribution < 1.29 is 5.11 Å². The smallest absolute Gasteiger partial charge is 0.0702 e. The molecule has 3 rings (SSSR count). The van der Waals surface area contributed by atoms with Gasteiger partial charge in [0.1, 0.15) is 0 Å². The van der Waals surface area contributed by atoms with Gasteiger partial charge in [-0.1, -0.05) is 18.2 Å². The summed E-state index contributed by atoms with van der Waals surface area (Å²) in [5.74, 6) is 0. The van der Waals surface area contributed by atoms with Crippen LogP contribution in [0.1, 0.15) is 10.4 Å². The number of rotatable bonds is 3. The predicted octanol–water partition coefficient (Wildman–Crippen LogP) is 4.01. The Labute approximate surface area is 118 Å². The molecule has 0 atom stereocenters. The molecule has 4 heteroatoms. The predicted molar refractivity (Wildman–Crippen MR) is 79.0 cm³/mol. The first-order chi connectivity index (χ1) is 8.78. The molecule has 0 saturated heterocycles. The van der Waals surface area contributed by atoms with Gasteiger partial charge in [-0.15, -0.1) is 11.3 Å². The molecule has 0 amide bonds. The first-order valence-electron chi connectivity index (χ1n) is 5.68. The third-order valence-corrected chi connectivity index (χ3v) is 4.67. The molecule has 0 saturated carbocycles. The molecule has 0 aliphatic carbocycles. The SMILES string of the molecule is OCc1cccc2ccn(Cc3cc(Br)cs3)c12. The summed E-state index contributed by atoms with van der Waals surface area (Å²) in [7, 11) is 0. The lowest BCUT2D eigenvalue weighted by Crippen LogP contribution is -1.98. The zero-order valence-electron chi connectivity index (χ0n) is 9.64. The van der Waals surface area contributed by atoms with Gasteiger partial charge in [0, 0.05) is 26.5 Å². The van der Waals surface area contributed by atoms with E-state index >= 15 is 0 Å². The topological polar surface area (TPSA) is 25.2 Å². The molecule has 0 fully saturated rings. The van der Waals surface area contributed by atoms with Crippen molar-refractivity contribution in [3.8, 4) is 0 Å². The number of para-hydroxylation sites is 1. The van der Waals surface area contributed by atoms with Gasteiger partial charge in [-0.2, -0.15) is 0 Å². The highest BCUT2D eigenvalue weighted by atomic mass is 79.9. The Morgan fingerprint density at radius 3 is 2.89 bits per heavy atom. The van der Waals surface area contributed by atoms with E-state index in [-0.39, 0.29) is 6.61 Å². The van der Waals surface area contributed by atoms with Crippen molar-refractivity contribution >= 4 is 38.2 Å². The van der Waals surface area contributed by atoms with Gasteiger partial charge in [-0.25, -0.2) is 0 Å². The maximum atomic E-state index is 9.43. The molecule has 0 aliphatic rings. The third-order valence-electron chi connectivity index (χ3n) is 2.99. The van der Waals surface area contributed by atoms with Gasteiger partial charge in [0.2, 0.25) is 0 Å². The lowest BCUT2D eigenvalue weighted by atomic mass is 10.1. The number of nitrogens with zero attached hydrogens (tertiary/aromatic N) is 1. The van der Waals surface area contributed by atoms with Crippen molar-refractivity contribution in [2.75, 3.05) is 0 Å². The summed E-state index contributed by atoms with van der Waals surface area (Å²) in [6.45, 7) is 0.923. The summed E-state index contributed by atoms with van der Waals surface area (Å²) >= 11 is 5.21. The molecule has 92 valence electrons. The van der Waals surface area contributed by atoms with Crippen LogP contribution in [-0.4, -0.2) is 9.67 Å². The molecule has 2 nitrogen and oxygen atoms in total. The van der Waals surface area contributed by atoms with E-state index in [0.29, 0.717) is 0 Å². The normalized spacial score (nSPS) is 11.2. The summed E-state index contributed by atoms with van der Waals surface area (Å²) < 4.78 is 3.32. The van der Waals surface area contributed by atoms with Crippen LogP contribution in [0.15, 0.2) is 46.4 Å². The average Bonchev–Trinajstić information content (AvgIpc) is 2.97. The number of fused-ring (bicyclic) bond motifs is 1. The van der Waals surface area contributed by atoms with E-state index in [1.54, 1.807) is 11.3 Å². The Morgan fingerprint density at radius 2 is 2.17 bits per heavy atom. The second kappa shape index (κ2) is 4.88. The van der Waals surface area contributed by atoms with E-state index in [1.165, 1.54) is 10.3 Å². The fourth-order valence-electron chi connectivity index (χ4n) is 2.20. The molecule has 0 bridgehead atoms. The molecule has 2 aromatic heterocycles. The zero-order valence-corrected chi connectivity index (χ0v) is 12.0. The van der Waals surface area contributed by atoms with Crippen molar-refractivity contribution in [3.63, 3.8) is 0 Å². The zero-order chi connectivity index (χ0) is 12.5. The molecule has 18 heavy (non-hydrogen) atoms. The van der Waals surface area contributed by atoms with Gasteiger partial charge in [0.25, 0.3) is 0 Å². The Hall–Kier alpha value is -1.10. The molecule has 0 spiro atoms. The number of aromatic nitrogens is 1. The summed E-state index contributed by atoms with van der Waals surface area (Å²) in [5, 5.41) is 12.7. The highest BCUT2D eigenvalue weighted by Gasteiger charge is 2.07. The highest BCUT2D eigenvalue weighted by Crippen LogP contribution is 2.25. The van der Waals surface area contributed by atoms with Crippen molar-refractivity contribution in [2.24, 2.45) is 0 Å². The number of aliphatic hydroxyl groups excluding tert-OH is 1. The van der Waals surface area contributed by atoms with Gasteiger partial charge in [-0.3, -0.25) is 0 Å². The quantitative estimate of drug-likeness (QED) is 0.774. The lowest BCUT2D eigenvalue weighted by molar-refractivity contribution is 0.283. The molecule has 1 N–H and O–H groups in total. The number of hydrogen-bond donors (Lipinski definition) is 1. The first kappa shape index (κ1) is 12.0. The number of aliphatic hydroxyl groups is 1. The number of benzene rings is 1. The maximum absolute atomic E-state index is 9.43. The van der Waals surface area contributed by atoms with Crippen LogP contribution < -0.4 is 0 Å². The van der Waals surface area contributed by atoms with E-state index in [0.717, 1.165) is 22.1 Å². The first-order valence-corrected chi connectivity index (χ1v) is 7.35. The van der Waals surface area contributed by atoms with Crippen molar-refractivity contribution in [2.45, 2.75) is 13.2 Å². The van der Waals surface area contributed by atoms with Gasteiger partial charge in [0.05, 0.1) is 18.7 Å². The molecular weight excluding hydrogens is 310 g/mol. The minimum absolute atomic E-state index is 0.0789. The van der Waals surface area contributed by atoms with Crippen LogP contribution in [0.5, 0.6) is 0 Å². The Kier molecular flexibility index (Phi) is 3.24.